The second-order valence-electron chi connectivity index (χ2n) is 4.17. The van der Waals surface area contributed by atoms with E-state index in [2.05, 4.69) is 5.10 Å². The summed E-state index contributed by atoms with van der Waals surface area (Å²) in [5.41, 5.74) is 1.18. The standard InChI is InChI=1S/C13H13ClFIN2O/c1-2-5-18-12(10(14)7-17-18)13(19)9-4-3-8(15)6-11(9)16/h3-4,6-7,13,19H,2,5H2,1H3. The van der Waals surface area contributed by atoms with E-state index in [0.717, 1.165) is 6.42 Å². The fourth-order valence-corrected chi connectivity index (χ4v) is 2.92. The van der Waals surface area contributed by atoms with Crippen molar-refractivity contribution in [2.45, 2.75) is 26.0 Å². The van der Waals surface area contributed by atoms with Gasteiger partial charge in [0, 0.05) is 15.7 Å². The zero-order valence-corrected chi connectivity index (χ0v) is 13.2. The average molecular weight is 395 g/mol. The molecule has 1 unspecified atom stereocenters. The molecule has 0 aliphatic carbocycles. The van der Waals surface area contributed by atoms with E-state index >= 15 is 0 Å². The third kappa shape index (κ3) is 3.09. The van der Waals surface area contributed by atoms with Crippen LogP contribution in [0.2, 0.25) is 5.02 Å². The first-order chi connectivity index (χ1) is 9.04. The van der Waals surface area contributed by atoms with Crippen molar-refractivity contribution in [2.75, 3.05) is 0 Å². The fraction of sp³-hybridized carbons (Fsp3) is 0.308. The lowest BCUT2D eigenvalue weighted by Gasteiger charge is -2.15. The average Bonchev–Trinajstić information content (AvgIpc) is 2.70. The van der Waals surface area contributed by atoms with Gasteiger partial charge in [0.25, 0.3) is 0 Å². The van der Waals surface area contributed by atoms with Crippen LogP contribution < -0.4 is 0 Å². The maximum absolute atomic E-state index is 13.1. The Morgan fingerprint density at radius 3 is 2.89 bits per heavy atom. The highest BCUT2D eigenvalue weighted by Crippen LogP contribution is 2.31. The van der Waals surface area contributed by atoms with Crippen LogP contribution in [0.1, 0.15) is 30.7 Å². The van der Waals surface area contributed by atoms with Gasteiger partial charge >= 0.3 is 0 Å². The SMILES string of the molecule is CCCn1ncc(Cl)c1C(O)c1ccc(F)cc1I. The van der Waals surface area contributed by atoms with E-state index in [1.807, 2.05) is 29.5 Å². The number of hydrogen-bond acceptors (Lipinski definition) is 2. The van der Waals surface area contributed by atoms with Gasteiger partial charge in [0.1, 0.15) is 11.9 Å². The van der Waals surface area contributed by atoms with Gasteiger partial charge in [-0.05, 0) is 41.1 Å². The lowest BCUT2D eigenvalue weighted by molar-refractivity contribution is 0.206. The van der Waals surface area contributed by atoms with Crippen molar-refractivity contribution in [1.29, 1.82) is 0 Å². The quantitative estimate of drug-likeness (QED) is 0.802. The summed E-state index contributed by atoms with van der Waals surface area (Å²) in [4.78, 5) is 0. The van der Waals surface area contributed by atoms with Crippen molar-refractivity contribution < 1.29 is 9.50 Å². The first-order valence-electron chi connectivity index (χ1n) is 5.88. The highest BCUT2D eigenvalue weighted by molar-refractivity contribution is 14.1. The van der Waals surface area contributed by atoms with Crippen molar-refractivity contribution >= 4 is 34.2 Å². The molecule has 102 valence electrons. The van der Waals surface area contributed by atoms with Crippen molar-refractivity contribution in [1.82, 2.24) is 9.78 Å². The van der Waals surface area contributed by atoms with E-state index in [0.29, 0.717) is 26.4 Å². The first-order valence-corrected chi connectivity index (χ1v) is 7.34. The van der Waals surface area contributed by atoms with Crippen LogP contribution in [0.4, 0.5) is 4.39 Å². The molecule has 1 aromatic carbocycles. The predicted octanol–water partition coefficient (Wildman–Crippen LogP) is 3.77. The van der Waals surface area contributed by atoms with Crippen LogP contribution in [0, 0.1) is 9.39 Å². The lowest BCUT2D eigenvalue weighted by atomic mass is 10.1. The Hall–Kier alpha value is -0.660. The molecule has 1 aromatic heterocycles. The number of rotatable bonds is 4. The smallest absolute Gasteiger partial charge is 0.124 e. The summed E-state index contributed by atoms with van der Waals surface area (Å²) in [6.07, 6.45) is 1.50. The summed E-state index contributed by atoms with van der Waals surface area (Å²) < 4.78 is 15.4. The number of nitrogens with zero attached hydrogens (tertiary/aromatic N) is 2. The molecule has 0 aliphatic heterocycles. The molecule has 0 saturated heterocycles. The normalized spacial score (nSPS) is 12.7. The Balaban J connectivity index is 2.43. The van der Waals surface area contributed by atoms with E-state index in [-0.39, 0.29) is 5.82 Å². The molecule has 0 bridgehead atoms. The van der Waals surface area contributed by atoms with Gasteiger partial charge in [-0.25, -0.2) is 4.39 Å². The molecule has 6 heteroatoms. The van der Waals surface area contributed by atoms with E-state index in [1.165, 1.54) is 18.3 Å². The highest BCUT2D eigenvalue weighted by atomic mass is 127. The van der Waals surface area contributed by atoms with Crippen molar-refractivity contribution in [3.05, 3.63) is 50.1 Å². The van der Waals surface area contributed by atoms with E-state index in [4.69, 9.17) is 11.6 Å². The van der Waals surface area contributed by atoms with Crippen LogP contribution in [0.15, 0.2) is 24.4 Å². The third-order valence-corrected chi connectivity index (χ3v) is 4.01. The molecular weight excluding hydrogens is 382 g/mol. The molecule has 0 aliphatic rings. The van der Waals surface area contributed by atoms with E-state index in [9.17, 15) is 9.50 Å². The number of halogens is 3. The fourth-order valence-electron chi connectivity index (χ4n) is 1.90. The Kier molecular flexibility index (Phi) is 4.81. The minimum atomic E-state index is -0.908. The zero-order valence-electron chi connectivity index (χ0n) is 10.3. The van der Waals surface area contributed by atoms with Crippen LogP contribution in [0.5, 0.6) is 0 Å². The molecule has 1 atom stereocenters. The van der Waals surface area contributed by atoms with Crippen LogP contribution in [0.3, 0.4) is 0 Å². The Bertz CT molecular complexity index is 588. The van der Waals surface area contributed by atoms with Gasteiger partial charge in [-0.3, -0.25) is 4.68 Å². The van der Waals surface area contributed by atoms with Gasteiger partial charge in [-0.2, -0.15) is 5.10 Å². The van der Waals surface area contributed by atoms with Gasteiger partial charge in [0.2, 0.25) is 0 Å². The zero-order chi connectivity index (χ0) is 14.0. The van der Waals surface area contributed by atoms with Crippen LogP contribution in [0.25, 0.3) is 0 Å². The topological polar surface area (TPSA) is 38.0 Å². The molecule has 0 amide bonds. The number of aliphatic hydroxyl groups excluding tert-OH is 1. The number of aliphatic hydroxyl groups is 1. The molecule has 1 N–H and O–H groups in total. The van der Waals surface area contributed by atoms with Gasteiger partial charge in [0.05, 0.1) is 16.9 Å². The predicted molar refractivity (Wildman–Crippen MR) is 80.7 cm³/mol. The third-order valence-electron chi connectivity index (χ3n) is 2.78. The molecule has 3 nitrogen and oxygen atoms in total. The monoisotopic (exact) mass is 394 g/mol. The second-order valence-corrected chi connectivity index (χ2v) is 5.74. The maximum atomic E-state index is 13.1. The van der Waals surface area contributed by atoms with Crippen molar-refractivity contribution in [3.8, 4) is 0 Å². The molecule has 0 radical (unpaired) electrons. The summed E-state index contributed by atoms with van der Waals surface area (Å²) in [5.74, 6) is -0.325. The van der Waals surface area contributed by atoms with Crippen LogP contribution in [-0.4, -0.2) is 14.9 Å². The largest absolute Gasteiger partial charge is 0.382 e. The number of aryl methyl sites for hydroxylation is 1. The molecular formula is C13H13ClFIN2O. The molecule has 0 spiro atoms. The summed E-state index contributed by atoms with van der Waals surface area (Å²) in [5, 5.41) is 15.0. The lowest BCUT2D eigenvalue weighted by Crippen LogP contribution is -2.11. The van der Waals surface area contributed by atoms with Gasteiger partial charge in [-0.15, -0.1) is 0 Å². The minimum Gasteiger partial charge on any atom is -0.382 e. The molecule has 0 saturated carbocycles. The first kappa shape index (κ1) is 14.7. The highest BCUT2D eigenvalue weighted by Gasteiger charge is 2.21. The second kappa shape index (κ2) is 6.19. The Morgan fingerprint density at radius 2 is 2.26 bits per heavy atom. The van der Waals surface area contributed by atoms with Gasteiger partial charge < -0.3 is 5.11 Å². The van der Waals surface area contributed by atoms with Gasteiger partial charge in [-0.1, -0.05) is 24.6 Å². The Morgan fingerprint density at radius 1 is 1.53 bits per heavy atom. The molecule has 2 rings (SSSR count). The number of benzene rings is 1. The van der Waals surface area contributed by atoms with Crippen LogP contribution in [-0.2, 0) is 6.54 Å². The molecule has 1 heterocycles. The molecule has 0 fully saturated rings. The Labute approximate surface area is 129 Å². The number of aromatic nitrogens is 2. The van der Waals surface area contributed by atoms with Crippen molar-refractivity contribution in [3.63, 3.8) is 0 Å². The van der Waals surface area contributed by atoms with Gasteiger partial charge in [0.15, 0.2) is 0 Å². The maximum Gasteiger partial charge on any atom is 0.124 e. The number of hydrogen-bond donors (Lipinski definition) is 1. The summed E-state index contributed by atoms with van der Waals surface area (Å²) in [6, 6.07) is 4.28. The van der Waals surface area contributed by atoms with E-state index in [1.54, 1.807) is 10.7 Å². The van der Waals surface area contributed by atoms with Crippen molar-refractivity contribution in [2.24, 2.45) is 0 Å². The summed E-state index contributed by atoms with van der Waals surface area (Å²) in [6.45, 7) is 2.70. The van der Waals surface area contributed by atoms with Crippen LogP contribution >= 0.6 is 34.2 Å². The summed E-state index contributed by atoms with van der Waals surface area (Å²) in [7, 11) is 0. The van der Waals surface area contributed by atoms with E-state index < -0.39 is 6.10 Å². The minimum absolute atomic E-state index is 0.325. The summed E-state index contributed by atoms with van der Waals surface area (Å²) >= 11 is 8.09. The molecule has 19 heavy (non-hydrogen) atoms. The molecule has 2 aromatic rings.